The molecule has 0 radical (unpaired) electrons. The molecular weight excluding hydrogens is 346 g/mol. The van der Waals surface area contributed by atoms with Crippen LogP contribution in [0, 0.1) is 19.7 Å². The molecule has 2 nitrogen and oxygen atoms in total. The SMILES string of the molecule is Cc1cc(N(CCCl)CCCl)ccc1C=Nc1ccc(F)cc1C. The Labute approximate surface area is 152 Å². The number of aliphatic imine (C=N–C) groups is 1. The van der Waals surface area contributed by atoms with Gasteiger partial charge >= 0.3 is 0 Å². The number of alkyl halides is 2. The Balaban J connectivity index is 2.21. The number of benzene rings is 2. The molecule has 0 N–H and O–H groups in total. The Morgan fingerprint density at radius 2 is 1.71 bits per heavy atom. The van der Waals surface area contributed by atoms with Crippen molar-refractivity contribution >= 4 is 40.8 Å². The summed E-state index contributed by atoms with van der Waals surface area (Å²) in [5, 5.41) is 0. The van der Waals surface area contributed by atoms with Gasteiger partial charge in [-0.1, -0.05) is 6.07 Å². The number of rotatable bonds is 7. The van der Waals surface area contributed by atoms with Crippen molar-refractivity contribution in [3.8, 4) is 0 Å². The molecule has 5 heteroatoms. The van der Waals surface area contributed by atoms with E-state index in [0.717, 1.165) is 41.2 Å². The Hall–Kier alpha value is -1.58. The zero-order chi connectivity index (χ0) is 17.5. The van der Waals surface area contributed by atoms with Gasteiger partial charge in [0, 0.05) is 36.8 Å². The van der Waals surface area contributed by atoms with Crippen LogP contribution in [0.4, 0.5) is 15.8 Å². The van der Waals surface area contributed by atoms with Gasteiger partial charge in [0.05, 0.1) is 5.69 Å². The van der Waals surface area contributed by atoms with E-state index in [0.29, 0.717) is 11.8 Å². The van der Waals surface area contributed by atoms with Crippen molar-refractivity contribution in [1.82, 2.24) is 0 Å². The molecule has 2 aromatic carbocycles. The minimum atomic E-state index is -0.245. The fourth-order valence-electron chi connectivity index (χ4n) is 2.48. The van der Waals surface area contributed by atoms with Crippen LogP contribution in [0.5, 0.6) is 0 Å². The Kier molecular flexibility index (Phi) is 7.07. The molecule has 0 atom stereocenters. The second-order valence-corrected chi connectivity index (χ2v) is 6.35. The Bertz CT molecular complexity index is 711. The third-order valence-corrected chi connectivity index (χ3v) is 4.17. The molecule has 0 aromatic heterocycles. The number of anilines is 1. The number of nitrogens with zero attached hydrogens (tertiary/aromatic N) is 2. The lowest BCUT2D eigenvalue weighted by molar-refractivity contribution is 0.627. The van der Waals surface area contributed by atoms with E-state index in [1.165, 1.54) is 12.1 Å². The summed E-state index contributed by atoms with van der Waals surface area (Å²) in [6, 6.07) is 10.8. The molecule has 0 fully saturated rings. The van der Waals surface area contributed by atoms with Crippen LogP contribution < -0.4 is 4.90 Å². The number of hydrogen-bond donors (Lipinski definition) is 0. The van der Waals surface area contributed by atoms with Gasteiger partial charge in [-0.3, -0.25) is 4.99 Å². The van der Waals surface area contributed by atoms with Crippen LogP contribution in [0.2, 0.25) is 0 Å². The first-order valence-electron chi connectivity index (χ1n) is 7.83. The standard InChI is InChI=1S/C19H21Cl2FN2/c1-14-12-18(24(9-7-20)10-8-21)5-3-16(14)13-23-19-6-4-17(22)11-15(19)2/h3-6,11-13H,7-10H2,1-2H3. The van der Waals surface area contributed by atoms with Gasteiger partial charge in [-0.25, -0.2) is 4.39 Å². The first kappa shape index (κ1) is 18.8. The molecule has 0 saturated carbocycles. The van der Waals surface area contributed by atoms with Crippen molar-refractivity contribution < 1.29 is 4.39 Å². The summed E-state index contributed by atoms with van der Waals surface area (Å²) in [4.78, 5) is 6.64. The normalized spacial score (nSPS) is 11.2. The monoisotopic (exact) mass is 366 g/mol. The minimum absolute atomic E-state index is 0.245. The molecule has 0 aliphatic carbocycles. The largest absolute Gasteiger partial charge is 0.369 e. The molecule has 128 valence electrons. The van der Waals surface area contributed by atoms with Crippen molar-refractivity contribution in [3.05, 3.63) is 58.9 Å². The van der Waals surface area contributed by atoms with Crippen molar-refractivity contribution in [1.29, 1.82) is 0 Å². The van der Waals surface area contributed by atoms with Gasteiger partial charge in [-0.05, 0) is 60.9 Å². The highest BCUT2D eigenvalue weighted by Crippen LogP contribution is 2.21. The summed E-state index contributed by atoms with van der Waals surface area (Å²) in [5.41, 5.74) is 4.83. The van der Waals surface area contributed by atoms with E-state index in [2.05, 4.69) is 16.0 Å². The van der Waals surface area contributed by atoms with Crippen molar-refractivity contribution in [2.45, 2.75) is 13.8 Å². The van der Waals surface area contributed by atoms with Gasteiger partial charge in [-0.2, -0.15) is 0 Å². The average molecular weight is 367 g/mol. The van der Waals surface area contributed by atoms with Crippen LogP contribution in [0.1, 0.15) is 16.7 Å². The summed E-state index contributed by atoms with van der Waals surface area (Å²) in [6.07, 6.45) is 1.81. The summed E-state index contributed by atoms with van der Waals surface area (Å²) >= 11 is 11.7. The van der Waals surface area contributed by atoms with E-state index in [1.54, 1.807) is 6.07 Å². The molecule has 0 bridgehead atoms. The van der Waals surface area contributed by atoms with Crippen LogP contribution in [-0.2, 0) is 0 Å². The van der Waals surface area contributed by atoms with E-state index >= 15 is 0 Å². The molecule has 0 spiro atoms. The van der Waals surface area contributed by atoms with Crippen LogP contribution in [0.15, 0.2) is 41.4 Å². The van der Waals surface area contributed by atoms with Crippen molar-refractivity contribution in [2.75, 3.05) is 29.7 Å². The quantitative estimate of drug-likeness (QED) is 0.468. The smallest absolute Gasteiger partial charge is 0.123 e. The molecule has 2 rings (SSSR count). The maximum absolute atomic E-state index is 13.1. The topological polar surface area (TPSA) is 15.6 Å². The summed E-state index contributed by atoms with van der Waals surface area (Å²) in [5.74, 6) is 0.872. The number of hydrogen-bond acceptors (Lipinski definition) is 2. The predicted octanol–water partition coefficient (Wildman–Crippen LogP) is 5.48. The van der Waals surface area contributed by atoms with E-state index in [1.807, 2.05) is 32.2 Å². The first-order valence-corrected chi connectivity index (χ1v) is 8.90. The second-order valence-electron chi connectivity index (χ2n) is 5.59. The first-order chi connectivity index (χ1) is 11.5. The molecule has 0 unspecified atom stereocenters. The third-order valence-electron chi connectivity index (χ3n) is 3.83. The fourth-order valence-corrected chi connectivity index (χ4v) is 2.89. The second kappa shape index (κ2) is 9.05. The van der Waals surface area contributed by atoms with Crippen LogP contribution in [-0.4, -0.2) is 31.1 Å². The lowest BCUT2D eigenvalue weighted by Crippen LogP contribution is -2.27. The number of halogens is 3. The Morgan fingerprint density at radius 1 is 1.00 bits per heavy atom. The lowest BCUT2D eigenvalue weighted by Gasteiger charge is -2.23. The maximum Gasteiger partial charge on any atom is 0.123 e. The average Bonchev–Trinajstić information content (AvgIpc) is 2.55. The molecule has 24 heavy (non-hydrogen) atoms. The van der Waals surface area contributed by atoms with E-state index in [-0.39, 0.29) is 5.82 Å². The van der Waals surface area contributed by atoms with Gasteiger partial charge in [0.25, 0.3) is 0 Å². The highest BCUT2D eigenvalue weighted by atomic mass is 35.5. The summed E-state index contributed by atoms with van der Waals surface area (Å²) in [7, 11) is 0. The highest BCUT2D eigenvalue weighted by molar-refractivity contribution is 6.18. The molecule has 0 aliphatic heterocycles. The van der Waals surface area contributed by atoms with Gasteiger partial charge < -0.3 is 4.90 Å². The molecule has 2 aromatic rings. The van der Waals surface area contributed by atoms with Crippen LogP contribution in [0.25, 0.3) is 0 Å². The van der Waals surface area contributed by atoms with Gasteiger partial charge in [0.15, 0.2) is 0 Å². The lowest BCUT2D eigenvalue weighted by atomic mass is 10.1. The molecular formula is C19H21Cl2FN2. The van der Waals surface area contributed by atoms with Crippen LogP contribution in [0.3, 0.4) is 0 Å². The molecule has 0 amide bonds. The van der Waals surface area contributed by atoms with Crippen molar-refractivity contribution in [3.63, 3.8) is 0 Å². The predicted molar refractivity (Wildman–Crippen MR) is 103 cm³/mol. The van der Waals surface area contributed by atoms with Gasteiger partial charge in [0.1, 0.15) is 5.82 Å². The summed E-state index contributed by atoms with van der Waals surface area (Å²) in [6.45, 7) is 5.41. The molecule has 0 saturated heterocycles. The summed E-state index contributed by atoms with van der Waals surface area (Å²) < 4.78 is 13.1. The van der Waals surface area contributed by atoms with Crippen LogP contribution >= 0.6 is 23.2 Å². The number of aryl methyl sites for hydroxylation is 2. The van der Waals surface area contributed by atoms with Crippen molar-refractivity contribution in [2.24, 2.45) is 4.99 Å². The van der Waals surface area contributed by atoms with E-state index < -0.39 is 0 Å². The molecule has 0 heterocycles. The maximum atomic E-state index is 13.1. The van der Waals surface area contributed by atoms with E-state index in [9.17, 15) is 4.39 Å². The van der Waals surface area contributed by atoms with Gasteiger partial charge in [0.2, 0.25) is 0 Å². The third kappa shape index (κ3) is 4.96. The fraction of sp³-hybridized carbons (Fsp3) is 0.316. The Morgan fingerprint density at radius 3 is 2.29 bits per heavy atom. The zero-order valence-corrected chi connectivity index (χ0v) is 15.4. The zero-order valence-electron chi connectivity index (χ0n) is 13.9. The van der Waals surface area contributed by atoms with E-state index in [4.69, 9.17) is 23.2 Å². The molecule has 0 aliphatic rings. The highest BCUT2D eigenvalue weighted by Gasteiger charge is 2.07. The van der Waals surface area contributed by atoms with Gasteiger partial charge in [-0.15, -0.1) is 23.2 Å². The minimum Gasteiger partial charge on any atom is -0.369 e.